The molecule has 1 aromatic carbocycles. The monoisotopic (exact) mass is 380 g/mol. The first kappa shape index (κ1) is 19.5. The third-order valence-electron chi connectivity index (χ3n) is 4.59. The predicted molar refractivity (Wildman–Crippen MR) is 106 cm³/mol. The second-order valence-corrected chi connectivity index (χ2v) is 6.88. The van der Waals surface area contributed by atoms with Crippen molar-refractivity contribution in [1.82, 2.24) is 14.9 Å². The zero-order valence-corrected chi connectivity index (χ0v) is 15.9. The van der Waals surface area contributed by atoms with Crippen molar-refractivity contribution in [3.63, 3.8) is 0 Å². The van der Waals surface area contributed by atoms with E-state index in [0.717, 1.165) is 24.0 Å². The van der Waals surface area contributed by atoms with Gasteiger partial charge in [0.1, 0.15) is 11.5 Å². The van der Waals surface area contributed by atoms with Crippen LogP contribution in [-0.4, -0.2) is 26.5 Å². The lowest BCUT2D eigenvalue weighted by atomic mass is 10.0. The number of carbonyl (C=O) groups is 2. The average Bonchev–Trinajstić information content (AvgIpc) is 3.32. The number of aromatic nitrogens is 3. The van der Waals surface area contributed by atoms with E-state index in [-0.39, 0.29) is 17.3 Å². The molecule has 7 heteroatoms. The Morgan fingerprint density at radius 2 is 1.93 bits per heavy atom. The SMILES string of the molecule is Cn1cc(-c2cc(C(=O)CCCCCC(=O)Cc3ccccc3N)on2)cn1. The molecule has 2 heterocycles. The number of hydrogen-bond acceptors (Lipinski definition) is 6. The van der Waals surface area contributed by atoms with E-state index in [1.807, 2.05) is 31.4 Å². The molecule has 0 aliphatic rings. The average molecular weight is 380 g/mol. The number of unbranched alkanes of at least 4 members (excludes halogenated alkanes) is 2. The molecule has 3 rings (SSSR count). The minimum atomic E-state index is -0.0778. The van der Waals surface area contributed by atoms with Crippen molar-refractivity contribution in [1.29, 1.82) is 0 Å². The number of anilines is 1. The zero-order valence-electron chi connectivity index (χ0n) is 15.9. The van der Waals surface area contributed by atoms with E-state index >= 15 is 0 Å². The molecule has 0 bridgehead atoms. The molecule has 0 atom stereocenters. The number of hydrogen-bond donors (Lipinski definition) is 1. The first-order chi connectivity index (χ1) is 13.5. The van der Waals surface area contributed by atoms with Crippen LogP contribution in [0.2, 0.25) is 0 Å². The highest BCUT2D eigenvalue weighted by atomic mass is 16.5. The molecule has 0 aliphatic heterocycles. The van der Waals surface area contributed by atoms with Gasteiger partial charge in [0.15, 0.2) is 0 Å². The highest BCUT2D eigenvalue weighted by molar-refractivity contribution is 5.94. The van der Waals surface area contributed by atoms with E-state index in [2.05, 4.69) is 10.3 Å². The van der Waals surface area contributed by atoms with Gasteiger partial charge in [-0.3, -0.25) is 14.3 Å². The van der Waals surface area contributed by atoms with Crippen LogP contribution in [0, 0.1) is 0 Å². The Morgan fingerprint density at radius 1 is 1.14 bits per heavy atom. The maximum Gasteiger partial charge on any atom is 0.203 e. The molecule has 7 nitrogen and oxygen atoms in total. The number of ketones is 2. The number of Topliss-reactive ketones (excluding diaryl/α,β-unsaturated/α-hetero) is 2. The summed E-state index contributed by atoms with van der Waals surface area (Å²) in [4.78, 5) is 24.3. The number of aryl methyl sites for hydroxylation is 1. The molecule has 0 aliphatic carbocycles. The van der Waals surface area contributed by atoms with E-state index in [1.165, 1.54) is 0 Å². The number of rotatable bonds is 10. The fraction of sp³-hybridized carbons (Fsp3) is 0.333. The van der Waals surface area contributed by atoms with Crippen molar-refractivity contribution < 1.29 is 14.1 Å². The van der Waals surface area contributed by atoms with Crippen LogP contribution in [0.25, 0.3) is 11.3 Å². The van der Waals surface area contributed by atoms with Crippen LogP contribution < -0.4 is 5.73 Å². The third kappa shape index (κ3) is 5.16. The predicted octanol–water partition coefficient (Wildman–Crippen LogP) is 3.60. The molecule has 2 N–H and O–H groups in total. The first-order valence-corrected chi connectivity index (χ1v) is 9.37. The van der Waals surface area contributed by atoms with Crippen LogP contribution >= 0.6 is 0 Å². The Kier molecular flexibility index (Phi) is 6.37. The fourth-order valence-electron chi connectivity index (χ4n) is 3.00. The molecular formula is C21H24N4O3. The van der Waals surface area contributed by atoms with Gasteiger partial charge in [-0.25, -0.2) is 0 Å². The molecule has 146 valence electrons. The number of nitrogens with two attached hydrogens (primary N) is 1. The largest absolute Gasteiger partial charge is 0.398 e. The Hall–Kier alpha value is -3.22. The second-order valence-electron chi connectivity index (χ2n) is 6.88. The molecule has 3 aromatic rings. The smallest absolute Gasteiger partial charge is 0.203 e. The minimum absolute atomic E-state index is 0.0778. The summed E-state index contributed by atoms with van der Waals surface area (Å²) < 4.78 is 6.83. The molecule has 0 saturated carbocycles. The Labute approximate surface area is 163 Å². The summed E-state index contributed by atoms with van der Waals surface area (Å²) in [5.74, 6) is 0.348. The van der Waals surface area contributed by atoms with Crippen LogP contribution in [0.4, 0.5) is 5.69 Å². The maximum atomic E-state index is 12.2. The summed E-state index contributed by atoms with van der Waals surface area (Å²) in [6, 6.07) is 9.07. The standard InChI is InChI=1S/C21H24N4O3/c1-25-14-16(13-23-25)19-12-21(28-24-19)20(27)10-4-2-3-8-17(26)11-15-7-5-6-9-18(15)22/h5-7,9,12-14H,2-4,8,10-11,22H2,1H3. The van der Waals surface area contributed by atoms with Crippen molar-refractivity contribution >= 4 is 17.3 Å². The normalized spacial score (nSPS) is 10.9. The molecule has 0 radical (unpaired) electrons. The van der Waals surface area contributed by atoms with Gasteiger partial charge < -0.3 is 10.3 Å². The quantitative estimate of drug-likeness (QED) is 0.327. The summed E-state index contributed by atoms with van der Waals surface area (Å²) in [5, 5.41) is 8.01. The van der Waals surface area contributed by atoms with Crippen LogP contribution in [0.15, 0.2) is 47.2 Å². The van der Waals surface area contributed by atoms with E-state index in [9.17, 15) is 9.59 Å². The highest BCUT2D eigenvalue weighted by Gasteiger charge is 2.15. The van der Waals surface area contributed by atoms with Crippen LogP contribution in [0.1, 0.15) is 48.2 Å². The number of nitrogens with zero attached hydrogens (tertiary/aromatic N) is 3. The highest BCUT2D eigenvalue weighted by Crippen LogP contribution is 2.20. The van der Waals surface area contributed by atoms with E-state index in [1.54, 1.807) is 23.0 Å². The lowest BCUT2D eigenvalue weighted by Crippen LogP contribution is -2.05. The second kappa shape index (κ2) is 9.12. The Balaban J connectivity index is 1.37. The molecule has 2 aromatic heterocycles. The van der Waals surface area contributed by atoms with Crippen LogP contribution in [0.3, 0.4) is 0 Å². The maximum absolute atomic E-state index is 12.2. The van der Waals surface area contributed by atoms with E-state index in [4.69, 9.17) is 10.3 Å². The van der Waals surface area contributed by atoms with Crippen LogP contribution in [0.5, 0.6) is 0 Å². The minimum Gasteiger partial charge on any atom is -0.398 e. The molecular weight excluding hydrogens is 356 g/mol. The lowest BCUT2D eigenvalue weighted by molar-refractivity contribution is -0.118. The van der Waals surface area contributed by atoms with Gasteiger partial charge in [-0.05, 0) is 24.5 Å². The summed E-state index contributed by atoms with van der Waals surface area (Å²) >= 11 is 0. The van der Waals surface area contributed by atoms with Gasteiger partial charge >= 0.3 is 0 Å². The molecule has 0 amide bonds. The van der Waals surface area contributed by atoms with Gasteiger partial charge in [-0.2, -0.15) is 5.10 Å². The topological polar surface area (TPSA) is 104 Å². The molecule has 0 fully saturated rings. The summed E-state index contributed by atoms with van der Waals surface area (Å²) in [6.07, 6.45) is 7.00. The van der Waals surface area contributed by atoms with Gasteiger partial charge in [-0.1, -0.05) is 29.8 Å². The number of nitrogen functional groups attached to an aromatic ring is 1. The molecule has 0 spiro atoms. The van der Waals surface area contributed by atoms with Gasteiger partial charge in [-0.15, -0.1) is 0 Å². The summed E-state index contributed by atoms with van der Waals surface area (Å²) in [6.45, 7) is 0. The summed E-state index contributed by atoms with van der Waals surface area (Å²) in [7, 11) is 1.81. The number of para-hydroxylation sites is 1. The van der Waals surface area contributed by atoms with E-state index in [0.29, 0.717) is 37.1 Å². The third-order valence-corrected chi connectivity index (χ3v) is 4.59. The van der Waals surface area contributed by atoms with Gasteiger partial charge in [0.25, 0.3) is 0 Å². The van der Waals surface area contributed by atoms with Gasteiger partial charge in [0, 0.05) is 49.8 Å². The first-order valence-electron chi connectivity index (χ1n) is 9.37. The van der Waals surface area contributed by atoms with Gasteiger partial charge in [0.05, 0.1) is 6.20 Å². The van der Waals surface area contributed by atoms with Crippen LogP contribution in [-0.2, 0) is 18.3 Å². The van der Waals surface area contributed by atoms with Crippen molar-refractivity contribution in [2.45, 2.75) is 38.5 Å². The lowest BCUT2D eigenvalue weighted by Gasteiger charge is -2.04. The van der Waals surface area contributed by atoms with Crippen molar-refractivity contribution in [2.75, 3.05) is 5.73 Å². The van der Waals surface area contributed by atoms with E-state index < -0.39 is 0 Å². The van der Waals surface area contributed by atoms with Crippen molar-refractivity contribution in [3.05, 3.63) is 54.0 Å². The Bertz CT molecular complexity index is 958. The number of benzene rings is 1. The molecule has 0 unspecified atom stereocenters. The zero-order chi connectivity index (χ0) is 19.9. The summed E-state index contributed by atoms with van der Waals surface area (Å²) in [5.41, 5.74) is 8.80. The molecule has 28 heavy (non-hydrogen) atoms. The molecule has 0 saturated heterocycles. The number of carbonyl (C=O) groups excluding carboxylic acids is 2. The van der Waals surface area contributed by atoms with Crippen molar-refractivity contribution in [2.24, 2.45) is 7.05 Å². The fourth-order valence-corrected chi connectivity index (χ4v) is 3.00. The van der Waals surface area contributed by atoms with Gasteiger partial charge in [0.2, 0.25) is 11.5 Å². The Morgan fingerprint density at radius 3 is 2.68 bits per heavy atom. The van der Waals surface area contributed by atoms with Crippen molar-refractivity contribution in [3.8, 4) is 11.3 Å².